The standard InChI is InChI=1S/C13H23B3O4/c1-10(7-18-14)5-12(8-19-15)3-4-13(9-20-16)6-11(2)17/h10,12-13H,3-9H2,1-2H3. The van der Waals surface area contributed by atoms with E-state index < -0.39 is 0 Å². The molecule has 0 bridgehead atoms. The van der Waals surface area contributed by atoms with Crippen LogP contribution >= 0.6 is 0 Å². The van der Waals surface area contributed by atoms with Gasteiger partial charge in [0.25, 0.3) is 24.1 Å². The second-order valence-corrected chi connectivity index (χ2v) is 5.56. The summed E-state index contributed by atoms with van der Waals surface area (Å²) in [7, 11) is 15.3. The predicted octanol–water partition coefficient (Wildman–Crippen LogP) is 1.30. The Hall–Kier alpha value is -0.255. The molecule has 0 rings (SSSR count). The molecule has 3 atom stereocenters. The second-order valence-electron chi connectivity index (χ2n) is 5.56. The quantitative estimate of drug-likeness (QED) is 0.476. The Labute approximate surface area is 126 Å². The first-order chi connectivity index (χ1) is 9.53. The van der Waals surface area contributed by atoms with Crippen molar-refractivity contribution in [3.63, 3.8) is 0 Å². The van der Waals surface area contributed by atoms with Gasteiger partial charge in [0.1, 0.15) is 5.78 Å². The monoisotopic (exact) mass is 276 g/mol. The van der Waals surface area contributed by atoms with Gasteiger partial charge in [-0.05, 0) is 43.9 Å². The summed E-state index contributed by atoms with van der Waals surface area (Å²) in [4.78, 5) is 11.2. The van der Waals surface area contributed by atoms with E-state index in [9.17, 15) is 4.79 Å². The lowest BCUT2D eigenvalue weighted by Gasteiger charge is -2.23. The van der Waals surface area contributed by atoms with Crippen LogP contribution < -0.4 is 0 Å². The van der Waals surface area contributed by atoms with E-state index >= 15 is 0 Å². The van der Waals surface area contributed by atoms with E-state index in [1.54, 1.807) is 6.92 Å². The Morgan fingerprint density at radius 1 is 0.950 bits per heavy atom. The van der Waals surface area contributed by atoms with Crippen LogP contribution in [-0.2, 0) is 18.8 Å². The zero-order valence-electron chi connectivity index (χ0n) is 12.5. The lowest BCUT2D eigenvalue weighted by Crippen LogP contribution is -2.19. The Morgan fingerprint density at radius 2 is 1.45 bits per heavy atom. The first-order valence-corrected chi connectivity index (χ1v) is 6.97. The molecule has 0 aliphatic rings. The molecule has 108 valence electrons. The van der Waals surface area contributed by atoms with Gasteiger partial charge in [-0.15, -0.1) is 0 Å². The van der Waals surface area contributed by atoms with E-state index in [0.717, 1.165) is 19.3 Å². The summed E-state index contributed by atoms with van der Waals surface area (Å²) in [5.74, 6) is 0.914. The molecule has 0 spiro atoms. The Bertz CT molecular complexity index is 254. The minimum Gasteiger partial charge on any atom is -0.447 e. The van der Waals surface area contributed by atoms with Crippen molar-refractivity contribution in [2.45, 2.75) is 39.5 Å². The van der Waals surface area contributed by atoms with Crippen molar-refractivity contribution in [1.82, 2.24) is 0 Å². The largest absolute Gasteiger partial charge is 0.447 e. The Balaban J connectivity index is 4.22. The average Bonchev–Trinajstić information content (AvgIpc) is 2.36. The van der Waals surface area contributed by atoms with Crippen molar-refractivity contribution in [3.05, 3.63) is 0 Å². The number of carbonyl (C=O) groups is 1. The van der Waals surface area contributed by atoms with Gasteiger partial charge in [-0.1, -0.05) is 6.92 Å². The van der Waals surface area contributed by atoms with Crippen molar-refractivity contribution >= 4 is 29.9 Å². The predicted molar refractivity (Wildman–Crippen MR) is 80.4 cm³/mol. The van der Waals surface area contributed by atoms with E-state index in [0.29, 0.717) is 38.1 Å². The van der Waals surface area contributed by atoms with Crippen LogP contribution in [0.4, 0.5) is 0 Å². The third-order valence-corrected chi connectivity index (χ3v) is 3.34. The summed E-state index contributed by atoms with van der Waals surface area (Å²) in [6, 6.07) is 0. The molecule has 6 radical (unpaired) electrons. The molecular formula is C13H23B3O4. The van der Waals surface area contributed by atoms with E-state index in [1.807, 2.05) is 0 Å². The van der Waals surface area contributed by atoms with E-state index in [-0.39, 0.29) is 11.7 Å². The van der Waals surface area contributed by atoms with Crippen LogP contribution in [0.3, 0.4) is 0 Å². The van der Waals surface area contributed by atoms with Crippen LogP contribution in [0.2, 0.25) is 0 Å². The Kier molecular flexibility index (Phi) is 12.3. The maximum absolute atomic E-state index is 11.2. The van der Waals surface area contributed by atoms with Crippen molar-refractivity contribution < 1.29 is 18.8 Å². The highest BCUT2D eigenvalue weighted by molar-refractivity contribution is 5.98. The molecule has 4 nitrogen and oxygen atoms in total. The fourth-order valence-corrected chi connectivity index (χ4v) is 2.46. The highest BCUT2D eigenvalue weighted by atomic mass is 16.4. The number of ketones is 1. The van der Waals surface area contributed by atoms with Crippen molar-refractivity contribution in [2.75, 3.05) is 19.8 Å². The lowest BCUT2D eigenvalue weighted by molar-refractivity contribution is -0.118. The second kappa shape index (κ2) is 12.5. The third-order valence-electron chi connectivity index (χ3n) is 3.34. The summed E-state index contributed by atoms with van der Waals surface area (Å²) in [5, 5.41) is 0. The third kappa shape index (κ3) is 10.5. The van der Waals surface area contributed by atoms with Gasteiger partial charge in [0.15, 0.2) is 0 Å². The fourth-order valence-electron chi connectivity index (χ4n) is 2.46. The average molecular weight is 276 g/mol. The highest BCUT2D eigenvalue weighted by Gasteiger charge is 2.17. The van der Waals surface area contributed by atoms with Gasteiger partial charge in [-0.25, -0.2) is 0 Å². The van der Waals surface area contributed by atoms with Gasteiger partial charge >= 0.3 is 0 Å². The van der Waals surface area contributed by atoms with Gasteiger partial charge in [0.05, 0.1) is 0 Å². The van der Waals surface area contributed by atoms with Crippen LogP contribution in [0.1, 0.15) is 39.5 Å². The topological polar surface area (TPSA) is 44.8 Å². The number of hydrogen-bond acceptors (Lipinski definition) is 4. The molecule has 3 unspecified atom stereocenters. The van der Waals surface area contributed by atoms with Gasteiger partial charge < -0.3 is 18.8 Å². The summed E-state index contributed by atoms with van der Waals surface area (Å²) in [5.41, 5.74) is 0. The SMILES string of the molecule is [B]OCC(C)CC(CCC(CO[B])CC(C)=O)CO[B]. The van der Waals surface area contributed by atoms with Crippen LogP contribution in [0.5, 0.6) is 0 Å². The molecule has 0 amide bonds. The van der Waals surface area contributed by atoms with Crippen LogP contribution in [0.15, 0.2) is 0 Å². The van der Waals surface area contributed by atoms with Gasteiger partial charge in [0.2, 0.25) is 0 Å². The van der Waals surface area contributed by atoms with Gasteiger partial charge in [-0.3, -0.25) is 0 Å². The molecule has 0 fully saturated rings. The van der Waals surface area contributed by atoms with Gasteiger partial charge in [0, 0.05) is 26.2 Å². The maximum Gasteiger partial charge on any atom is 0.282 e. The fraction of sp³-hybridized carbons (Fsp3) is 0.923. The van der Waals surface area contributed by atoms with Crippen molar-refractivity contribution in [3.8, 4) is 0 Å². The van der Waals surface area contributed by atoms with E-state index in [2.05, 4.69) is 16.2 Å². The Morgan fingerprint density at radius 3 is 1.95 bits per heavy atom. The first kappa shape index (κ1) is 19.7. The van der Waals surface area contributed by atoms with Crippen LogP contribution in [0.25, 0.3) is 0 Å². The van der Waals surface area contributed by atoms with Crippen molar-refractivity contribution in [2.24, 2.45) is 17.8 Å². The minimum atomic E-state index is 0.138. The smallest absolute Gasteiger partial charge is 0.282 e. The molecule has 0 saturated carbocycles. The lowest BCUT2D eigenvalue weighted by atomic mass is 9.88. The zero-order chi connectivity index (χ0) is 15.4. The van der Waals surface area contributed by atoms with Gasteiger partial charge in [-0.2, -0.15) is 0 Å². The molecule has 0 N–H and O–H groups in total. The summed E-state index contributed by atoms with van der Waals surface area (Å²) < 4.78 is 14.1. The van der Waals surface area contributed by atoms with E-state index in [1.165, 1.54) is 0 Å². The number of carbonyl (C=O) groups excluding carboxylic acids is 1. The summed E-state index contributed by atoms with van der Waals surface area (Å²) in [6.07, 6.45) is 3.13. The maximum atomic E-state index is 11.2. The minimum absolute atomic E-state index is 0.138. The van der Waals surface area contributed by atoms with E-state index in [4.69, 9.17) is 28.8 Å². The molecular weight excluding hydrogens is 253 g/mol. The highest BCUT2D eigenvalue weighted by Crippen LogP contribution is 2.22. The molecule has 0 aliphatic heterocycles. The number of hydrogen-bond donors (Lipinski definition) is 0. The number of Topliss-reactive ketones (excluding diaryl/α,β-unsaturated/α-hetero) is 1. The summed E-state index contributed by atoms with van der Waals surface area (Å²) in [6.45, 7) is 5.00. The molecule has 0 aromatic carbocycles. The van der Waals surface area contributed by atoms with Crippen LogP contribution in [-0.4, -0.2) is 49.8 Å². The van der Waals surface area contributed by atoms with Crippen LogP contribution in [0, 0.1) is 17.8 Å². The number of rotatable bonds is 13. The normalized spacial score (nSPS) is 15.7. The van der Waals surface area contributed by atoms with Crippen molar-refractivity contribution in [1.29, 1.82) is 0 Å². The molecule has 20 heavy (non-hydrogen) atoms. The zero-order valence-corrected chi connectivity index (χ0v) is 12.5. The molecule has 7 heteroatoms. The molecule has 0 saturated heterocycles. The molecule has 0 heterocycles. The molecule has 0 aromatic rings. The first-order valence-electron chi connectivity index (χ1n) is 6.97. The molecule has 0 aromatic heterocycles. The summed E-state index contributed by atoms with van der Waals surface area (Å²) >= 11 is 0. The molecule has 0 aliphatic carbocycles.